The number of hydrogen-bond acceptors (Lipinski definition) is 1. The van der Waals surface area contributed by atoms with Crippen LogP contribution in [0, 0.1) is 10.5 Å². The smallest absolute Gasteiger partial charge is 0.110 e. The molecule has 0 aliphatic rings. The first-order valence-electron chi connectivity index (χ1n) is 5.29. The summed E-state index contributed by atoms with van der Waals surface area (Å²) in [6, 6.07) is 16.3. The number of hydrogen-bond donors (Lipinski definition) is 1. The van der Waals surface area contributed by atoms with Crippen LogP contribution in [0.1, 0.15) is 11.1 Å². The lowest BCUT2D eigenvalue weighted by Gasteiger charge is -2.11. The minimum atomic E-state index is 0.759. The number of aryl methyl sites for hydroxylation is 1. The van der Waals surface area contributed by atoms with Crippen molar-refractivity contribution < 1.29 is 0 Å². The lowest BCUT2D eigenvalue weighted by Crippen LogP contribution is -2.11. The van der Waals surface area contributed by atoms with Gasteiger partial charge in [0, 0.05) is 14.8 Å². The molecule has 0 aromatic heterocycles. The zero-order chi connectivity index (χ0) is 12.3. The largest absolute Gasteiger partial charge is 0.346 e. The second-order valence-electron chi connectivity index (χ2n) is 3.78. The molecule has 0 saturated heterocycles. The van der Waals surface area contributed by atoms with E-state index >= 15 is 0 Å². The van der Waals surface area contributed by atoms with E-state index in [1.165, 1.54) is 9.13 Å². The summed E-state index contributed by atoms with van der Waals surface area (Å²) < 4.78 is 1.23. The summed E-state index contributed by atoms with van der Waals surface area (Å²) in [5, 5.41) is 3.28. The van der Waals surface area contributed by atoms with E-state index < -0.39 is 0 Å². The molecule has 0 heterocycles. The molecule has 86 valence electrons. The van der Waals surface area contributed by atoms with Gasteiger partial charge in [0.15, 0.2) is 0 Å². The summed E-state index contributed by atoms with van der Waals surface area (Å²) in [6.07, 6.45) is 0. The van der Waals surface area contributed by atoms with E-state index in [1.54, 1.807) is 0 Å². The Morgan fingerprint density at radius 3 is 2.47 bits per heavy atom. The van der Waals surface area contributed by atoms with Crippen molar-refractivity contribution in [3.63, 3.8) is 0 Å². The molecule has 2 aromatic carbocycles. The summed E-state index contributed by atoms with van der Waals surface area (Å²) >= 11 is 7.69. The lowest BCUT2D eigenvalue weighted by molar-refractivity contribution is 1.44. The van der Waals surface area contributed by atoms with Gasteiger partial charge in [-0.3, -0.25) is 0 Å². The normalized spacial score (nSPS) is 10.0. The van der Waals surface area contributed by atoms with Crippen LogP contribution in [0.3, 0.4) is 0 Å². The summed E-state index contributed by atoms with van der Waals surface area (Å²) in [6.45, 7) is 2.08. The van der Waals surface area contributed by atoms with Crippen LogP contribution >= 0.6 is 34.8 Å². The van der Waals surface area contributed by atoms with E-state index in [2.05, 4.69) is 53.0 Å². The predicted octanol–water partition coefficient (Wildman–Crippen LogP) is 4.39. The first kappa shape index (κ1) is 12.5. The highest BCUT2D eigenvalue weighted by atomic mass is 127. The van der Waals surface area contributed by atoms with Crippen LogP contribution in [0.2, 0.25) is 0 Å². The summed E-state index contributed by atoms with van der Waals surface area (Å²) in [7, 11) is 0. The highest BCUT2D eigenvalue weighted by molar-refractivity contribution is 14.1. The maximum Gasteiger partial charge on any atom is 0.110 e. The predicted molar refractivity (Wildman–Crippen MR) is 85.7 cm³/mol. The van der Waals surface area contributed by atoms with Gasteiger partial charge < -0.3 is 5.32 Å². The molecule has 0 fully saturated rings. The Morgan fingerprint density at radius 2 is 1.82 bits per heavy atom. The molecule has 0 amide bonds. The molecule has 17 heavy (non-hydrogen) atoms. The number of nitrogens with one attached hydrogen (secondary N) is 1. The molecule has 2 aromatic rings. The molecule has 3 heteroatoms. The number of rotatable bonds is 2. The topological polar surface area (TPSA) is 12.0 Å². The molecule has 0 bridgehead atoms. The maximum atomic E-state index is 5.38. The van der Waals surface area contributed by atoms with E-state index in [1.807, 2.05) is 30.3 Å². The van der Waals surface area contributed by atoms with Crippen LogP contribution in [-0.4, -0.2) is 4.99 Å². The van der Waals surface area contributed by atoms with E-state index in [0.717, 1.165) is 16.2 Å². The van der Waals surface area contributed by atoms with Crippen molar-refractivity contribution in [2.24, 2.45) is 0 Å². The Balaban J connectivity index is 2.19. The van der Waals surface area contributed by atoms with Crippen molar-refractivity contribution in [2.75, 3.05) is 5.32 Å². The molecular formula is C14H12INS. The Hall–Kier alpha value is -0.940. The van der Waals surface area contributed by atoms with Gasteiger partial charge in [0.2, 0.25) is 0 Å². The Labute approximate surface area is 120 Å². The minimum Gasteiger partial charge on any atom is -0.346 e. The van der Waals surface area contributed by atoms with E-state index in [4.69, 9.17) is 12.2 Å². The van der Waals surface area contributed by atoms with Gasteiger partial charge in [-0.2, -0.15) is 0 Å². The average molecular weight is 353 g/mol. The van der Waals surface area contributed by atoms with Crippen LogP contribution in [0.5, 0.6) is 0 Å². The zero-order valence-corrected chi connectivity index (χ0v) is 12.4. The van der Waals surface area contributed by atoms with Crippen molar-refractivity contribution in [2.45, 2.75) is 6.92 Å². The van der Waals surface area contributed by atoms with E-state index in [9.17, 15) is 0 Å². The van der Waals surface area contributed by atoms with Gasteiger partial charge in [-0.25, -0.2) is 0 Å². The summed E-state index contributed by atoms with van der Waals surface area (Å²) in [5.41, 5.74) is 3.31. The summed E-state index contributed by atoms with van der Waals surface area (Å²) in [4.78, 5) is 0.759. The molecule has 0 unspecified atom stereocenters. The molecule has 0 atom stereocenters. The Bertz CT molecular complexity index is 537. The zero-order valence-electron chi connectivity index (χ0n) is 9.41. The average Bonchev–Trinajstić information content (AvgIpc) is 2.34. The van der Waals surface area contributed by atoms with Gasteiger partial charge in [-0.15, -0.1) is 0 Å². The fourth-order valence-corrected chi connectivity index (χ4v) is 2.44. The van der Waals surface area contributed by atoms with E-state index in [0.29, 0.717) is 0 Å². The number of halogens is 1. The third kappa shape index (κ3) is 3.26. The first-order chi connectivity index (χ1) is 8.16. The van der Waals surface area contributed by atoms with Crippen molar-refractivity contribution in [1.82, 2.24) is 0 Å². The van der Waals surface area contributed by atoms with Gasteiger partial charge in [0.1, 0.15) is 4.99 Å². The molecule has 0 saturated carbocycles. The van der Waals surface area contributed by atoms with Gasteiger partial charge in [0.05, 0.1) is 0 Å². The highest BCUT2D eigenvalue weighted by Crippen LogP contribution is 2.18. The number of benzene rings is 2. The molecule has 1 nitrogen and oxygen atoms in total. The standard InChI is InChI=1S/C14H12INS/c1-10-9-12(15)7-8-13(10)16-14(17)11-5-3-2-4-6-11/h2-9H,1H3,(H,16,17). The lowest BCUT2D eigenvalue weighted by atomic mass is 10.2. The third-order valence-electron chi connectivity index (χ3n) is 2.47. The first-order valence-corrected chi connectivity index (χ1v) is 6.78. The van der Waals surface area contributed by atoms with Crippen LogP contribution in [-0.2, 0) is 0 Å². The van der Waals surface area contributed by atoms with Gasteiger partial charge in [0.25, 0.3) is 0 Å². The quantitative estimate of drug-likeness (QED) is 0.635. The van der Waals surface area contributed by atoms with Crippen molar-refractivity contribution in [3.8, 4) is 0 Å². The molecule has 0 aliphatic heterocycles. The molecule has 0 spiro atoms. The third-order valence-corrected chi connectivity index (χ3v) is 3.48. The highest BCUT2D eigenvalue weighted by Gasteiger charge is 2.03. The molecule has 0 aliphatic carbocycles. The van der Waals surface area contributed by atoms with Gasteiger partial charge >= 0.3 is 0 Å². The van der Waals surface area contributed by atoms with Crippen LogP contribution in [0.25, 0.3) is 0 Å². The fourth-order valence-electron chi connectivity index (χ4n) is 1.55. The van der Waals surface area contributed by atoms with Gasteiger partial charge in [-0.1, -0.05) is 42.5 Å². The molecule has 2 rings (SSSR count). The SMILES string of the molecule is Cc1cc(I)ccc1NC(=S)c1ccccc1. The molecule has 0 radical (unpaired) electrons. The summed E-state index contributed by atoms with van der Waals surface area (Å²) in [5.74, 6) is 0. The second-order valence-corrected chi connectivity index (χ2v) is 5.43. The fraction of sp³-hybridized carbons (Fsp3) is 0.0714. The van der Waals surface area contributed by atoms with Crippen molar-refractivity contribution in [3.05, 3.63) is 63.2 Å². The van der Waals surface area contributed by atoms with Crippen LogP contribution in [0.4, 0.5) is 5.69 Å². The van der Waals surface area contributed by atoms with Crippen molar-refractivity contribution in [1.29, 1.82) is 0 Å². The molecular weight excluding hydrogens is 341 g/mol. The Kier molecular flexibility index (Phi) is 4.12. The van der Waals surface area contributed by atoms with Crippen LogP contribution < -0.4 is 5.32 Å². The van der Waals surface area contributed by atoms with Gasteiger partial charge in [-0.05, 0) is 53.3 Å². The maximum absolute atomic E-state index is 5.38. The Morgan fingerprint density at radius 1 is 1.12 bits per heavy atom. The van der Waals surface area contributed by atoms with E-state index in [-0.39, 0.29) is 0 Å². The molecule has 1 N–H and O–H groups in total. The number of thiocarbonyl (C=S) groups is 1. The van der Waals surface area contributed by atoms with Crippen LogP contribution in [0.15, 0.2) is 48.5 Å². The van der Waals surface area contributed by atoms with Crippen molar-refractivity contribution >= 4 is 45.5 Å². The number of anilines is 1. The minimum absolute atomic E-state index is 0.759. The monoisotopic (exact) mass is 353 g/mol. The second kappa shape index (κ2) is 5.60.